The lowest BCUT2D eigenvalue weighted by atomic mass is 9.97. The summed E-state index contributed by atoms with van der Waals surface area (Å²) in [6, 6.07) is 8.43. The fraction of sp³-hybridized carbons (Fsp3) is 0.263. The molecule has 172 valence electrons. The number of hydrogen-bond donors (Lipinski definition) is 3. The second-order valence-corrected chi connectivity index (χ2v) is 9.70. The Morgan fingerprint density at radius 3 is 2.44 bits per heavy atom. The molecule has 0 bridgehead atoms. The summed E-state index contributed by atoms with van der Waals surface area (Å²) < 4.78 is 68.5. The summed E-state index contributed by atoms with van der Waals surface area (Å²) >= 11 is 1.05. The fourth-order valence-corrected chi connectivity index (χ4v) is 4.97. The minimum atomic E-state index is -5.00. The van der Waals surface area contributed by atoms with Crippen LogP contribution in [0, 0.1) is 0 Å². The van der Waals surface area contributed by atoms with E-state index in [1.165, 1.54) is 43.6 Å². The molecule has 0 radical (unpaired) electrons. The van der Waals surface area contributed by atoms with E-state index >= 15 is 0 Å². The molecule has 1 amide bonds. The lowest BCUT2D eigenvalue weighted by molar-refractivity contribution is -0.272. The monoisotopic (exact) mass is 488 g/mol. The topological polar surface area (TPSA) is 113 Å². The number of aryl methyl sites for hydroxylation is 1. The van der Waals surface area contributed by atoms with Crippen LogP contribution in [0.25, 0.3) is 0 Å². The number of anilines is 1. The third kappa shape index (κ3) is 4.95. The molecule has 2 aromatic heterocycles. The van der Waals surface area contributed by atoms with Crippen molar-refractivity contribution in [3.05, 3.63) is 65.6 Å². The zero-order chi connectivity index (χ0) is 23.6. The van der Waals surface area contributed by atoms with Crippen LogP contribution >= 0.6 is 11.3 Å². The Morgan fingerprint density at radius 2 is 1.91 bits per heavy atom. The van der Waals surface area contributed by atoms with E-state index in [9.17, 15) is 31.5 Å². The van der Waals surface area contributed by atoms with Gasteiger partial charge in [0, 0.05) is 43.7 Å². The molecule has 1 aromatic carbocycles. The van der Waals surface area contributed by atoms with Crippen molar-refractivity contribution >= 4 is 33.0 Å². The molecule has 32 heavy (non-hydrogen) atoms. The van der Waals surface area contributed by atoms with Crippen LogP contribution in [0.5, 0.6) is 0 Å². The summed E-state index contributed by atoms with van der Waals surface area (Å²) in [5, 5.41) is 14.2. The molecular weight excluding hydrogens is 469 g/mol. The number of sulfonamides is 1. The van der Waals surface area contributed by atoms with Gasteiger partial charge in [-0.2, -0.15) is 13.2 Å². The van der Waals surface area contributed by atoms with Crippen molar-refractivity contribution < 1.29 is 31.5 Å². The van der Waals surface area contributed by atoms with E-state index in [0.29, 0.717) is 0 Å². The minimum absolute atomic E-state index is 0.108. The first-order chi connectivity index (χ1) is 14.9. The number of aliphatic hydroxyl groups is 1. The molecule has 1 unspecified atom stereocenters. The molecular formula is C19H19F3N4O4S2. The van der Waals surface area contributed by atoms with Crippen molar-refractivity contribution in [1.82, 2.24) is 14.9 Å². The molecule has 1 atom stereocenters. The van der Waals surface area contributed by atoms with Gasteiger partial charge in [0.15, 0.2) is 0 Å². The van der Waals surface area contributed by atoms with E-state index in [0.717, 1.165) is 22.1 Å². The summed E-state index contributed by atoms with van der Waals surface area (Å²) in [5.41, 5.74) is -2.91. The highest BCUT2D eigenvalue weighted by Crippen LogP contribution is 2.40. The second kappa shape index (κ2) is 8.92. The highest BCUT2D eigenvalue weighted by Gasteiger charge is 2.57. The number of rotatable bonds is 8. The number of alkyl halides is 3. The molecule has 13 heteroatoms. The minimum Gasteiger partial charge on any atom is -0.374 e. The molecule has 0 saturated carbocycles. The predicted octanol–water partition coefficient (Wildman–Crippen LogP) is 2.85. The predicted molar refractivity (Wildman–Crippen MR) is 112 cm³/mol. The van der Waals surface area contributed by atoms with E-state index < -0.39 is 46.5 Å². The first-order valence-electron chi connectivity index (χ1n) is 9.15. The van der Waals surface area contributed by atoms with Crippen LogP contribution in [0.2, 0.25) is 0 Å². The van der Waals surface area contributed by atoms with E-state index in [4.69, 9.17) is 0 Å². The SMILES string of the molecule is Cn1ccnc1C(O)(CCNC(=O)c1ccc(NS(=O)(=O)c2cccs2)cc1)C(F)(F)F. The highest BCUT2D eigenvalue weighted by atomic mass is 32.2. The summed E-state index contributed by atoms with van der Waals surface area (Å²) in [6.07, 6.45) is -3.43. The molecule has 0 aliphatic carbocycles. The van der Waals surface area contributed by atoms with Crippen molar-refractivity contribution in [3.8, 4) is 0 Å². The zero-order valence-corrected chi connectivity index (χ0v) is 18.3. The van der Waals surface area contributed by atoms with Gasteiger partial charge in [-0.3, -0.25) is 9.52 Å². The number of carbonyl (C=O) groups excluding carboxylic acids is 1. The Kier molecular flexibility index (Phi) is 6.62. The molecule has 0 fully saturated rings. The van der Waals surface area contributed by atoms with Crippen LogP contribution in [-0.2, 0) is 22.7 Å². The van der Waals surface area contributed by atoms with Crippen molar-refractivity contribution in [3.63, 3.8) is 0 Å². The maximum atomic E-state index is 13.5. The lowest BCUT2D eigenvalue weighted by Crippen LogP contribution is -2.46. The van der Waals surface area contributed by atoms with Crippen molar-refractivity contribution in [2.24, 2.45) is 7.05 Å². The molecule has 8 nitrogen and oxygen atoms in total. The maximum absolute atomic E-state index is 13.5. The average Bonchev–Trinajstić information content (AvgIpc) is 3.39. The number of thiophene rings is 1. The Bertz CT molecular complexity index is 1180. The first kappa shape index (κ1) is 23.8. The van der Waals surface area contributed by atoms with E-state index in [2.05, 4.69) is 15.0 Å². The number of nitrogens with zero attached hydrogens (tertiary/aromatic N) is 2. The quantitative estimate of drug-likeness (QED) is 0.451. The molecule has 0 spiro atoms. The van der Waals surface area contributed by atoms with Gasteiger partial charge in [-0.25, -0.2) is 13.4 Å². The molecule has 0 aliphatic rings. The second-order valence-electron chi connectivity index (χ2n) is 6.84. The van der Waals surface area contributed by atoms with Crippen LogP contribution < -0.4 is 10.0 Å². The van der Waals surface area contributed by atoms with Crippen LogP contribution in [0.4, 0.5) is 18.9 Å². The first-order valence-corrected chi connectivity index (χ1v) is 11.5. The Balaban J connectivity index is 1.63. The summed E-state index contributed by atoms with van der Waals surface area (Å²) in [5.74, 6) is -1.26. The number of aromatic nitrogens is 2. The summed E-state index contributed by atoms with van der Waals surface area (Å²) in [7, 11) is -2.42. The zero-order valence-electron chi connectivity index (χ0n) is 16.6. The van der Waals surface area contributed by atoms with E-state index in [1.54, 1.807) is 11.4 Å². The van der Waals surface area contributed by atoms with Gasteiger partial charge in [0.1, 0.15) is 10.0 Å². The Labute approximate surface area is 185 Å². The standard InChI is InChI=1S/C19H19F3N4O4S2/c1-26-11-10-24-17(26)18(28,19(20,21)22)8-9-23-16(27)13-4-6-14(7-5-13)25-32(29,30)15-3-2-12-31-15/h2-7,10-12,25,28H,8-9H2,1H3,(H,23,27). The third-order valence-electron chi connectivity index (χ3n) is 4.59. The van der Waals surface area contributed by atoms with Gasteiger partial charge in [-0.1, -0.05) is 6.07 Å². The van der Waals surface area contributed by atoms with Crippen LogP contribution in [0.1, 0.15) is 22.6 Å². The highest BCUT2D eigenvalue weighted by molar-refractivity contribution is 7.94. The normalized spacial score (nSPS) is 14.0. The molecule has 0 aliphatic heterocycles. The van der Waals surface area contributed by atoms with Gasteiger partial charge >= 0.3 is 6.18 Å². The molecule has 2 heterocycles. The van der Waals surface area contributed by atoms with Gasteiger partial charge in [0.05, 0.1) is 0 Å². The van der Waals surface area contributed by atoms with Crippen LogP contribution in [0.3, 0.4) is 0 Å². The summed E-state index contributed by atoms with van der Waals surface area (Å²) in [4.78, 5) is 15.9. The van der Waals surface area contributed by atoms with Crippen LogP contribution in [-0.4, -0.2) is 41.7 Å². The molecule has 3 rings (SSSR count). The lowest BCUT2D eigenvalue weighted by Gasteiger charge is -2.30. The van der Waals surface area contributed by atoms with Crippen molar-refractivity contribution in [2.75, 3.05) is 11.3 Å². The van der Waals surface area contributed by atoms with Gasteiger partial charge in [0.2, 0.25) is 5.60 Å². The smallest absolute Gasteiger partial charge is 0.374 e. The number of hydrogen-bond acceptors (Lipinski definition) is 6. The van der Waals surface area contributed by atoms with Gasteiger partial charge in [0.25, 0.3) is 15.9 Å². The average molecular weight is 489 g/mol. The molecule has 3 aromatic rings. The van der Waals surface area contributed by atoms with E-state index in [-0.39, 0.29) is 15.5 Å². The largest absolute Gasteiger partial charge is 0.424 e. The third-order valence-corrected chi connectivity index (χ3v) is 7.37. The molecule has 3 N–H and O–H groups in total. The number of amides is 1. The number of imidazole rings is 1. The van der Waals surface area contributed by atoms with Crippen molar-refractivity contribution in [1.29, 1.82) is 0 Å². The number of carbonyl (C=O) groups is 1. The van der Waals surface area contributed by atoms with Gasteiger partial charge in [-0.05, 0) is 35.7 Å². The number of halogens is 3. The van der Waals surface area contributed by atoms with Crippen LogP contribution in [0.15, 0.2) is 58.4 Å². The Hall–Kier alpha value is -2.90. The summed E-state index contributed by atoms with van der Waals surface area (Å²) in [6.45, 7) is -0.478. The fourth-order valence-electron chi connectivity index (χ4n) is 2.91. The van der Waals surface area contributed by atoms with E-state index in [1.807, 2.05) is 0 Å². The number of nitrogens with one attached hydrogen (secondary N) is 2. The number of benzene rings is 1. The van der Waals surface area contributed by atoms with Crippen molar-refractivity contribution in [2.45, 2.75) is 22.4 Å². The maximum Gasteiger partial charge on any atom is 0.424 e. The molecule has 0 saturated heterocycles. The van der Waals surface area contributed by atoms with Gasteiger partial charge in [-0.15, -0.1) is 11.3 Å². The van der Waals surface area contributed by atoms with Gasteiger partial charge < -0.3 is 15.0 Å². The Morgan fingerprint density at radius 1 is 1.22 bits per heavy atom.